The molecule has 0 aliphatic carbocycles. The van der Waals surface area contributed by atoms with Crippen LogP contribution >= 0.6 is 24.0 Å². The molecule has 0 amide bonds. The van der Waals surface area contributed by atoms with Crippen LogP contribution in [-0.4, -0.2) is 43.6 Å². The lowest BCUT2D eigenvalue weighted by molar-refractivity contribution is 0.343. The topological polar surface area (TPSA) is 53.6 Å². The molecule has 3 N–H and O–H groups in total. The Hall–Kier alpha value is -0.0400. The first-order valence-corrected chi connectivity index (χ1v) is 7.52. The smallest absolute Gasteiger partial charge is 0.188 e. The molecule has 19 heavy (non-hydrogen) atoms. The number of hydrogen-bond acceptors (Lipinski definition) is 2. The van der Waals surface area contributed by atoms with Gasteiger partial charge in [-0.25, -0.2) is 0 Å². The van der Waals surface area contributed by atoms with Crippen molar-refractivity contribution in [2.75, 3.05) is 32.7 Å². The molecule has 0 aromatic rings. The van der Waals surface area contributed by atoms with Crippen LogP contribution in [0.25, 0.3) is 0 Å². The number of nitrogens with zero attached hydrogens (tertiary/aromatic N) is 2. The lowest BCUT2D eigenvalue weighted by atomic mass is 10.1. The van der Waals surface area contributed by atoms with E-state index in [1.54, 1.807) is 0 Å². The van der Waals surface area contributed by atoms with Crippen LogP contribution in [0.4, 0.5) is 0 Å². The Morgan fingerprint density at radius 2 is 2.11 bits per heavy atom. The summed E-state index contributed by atoms with van der Waals surface area (Å²) in [5, 5.41) is 3.20. The van der Waals surface area contributed by atoms with Gasteiger partial charge in [0.15, 0.2) is 5.96 Å². The van der Waals surface area contributed by atoms with Crippen molar-refractivity contribution >= 4 is 29.9 Å². The van der Waals surface area contributed by atoms with E-state index in [4.69, 9.17) is 5.73 Å². The van der Waals surface area contributed by atoms with E-state index in [9.17, 15) is 0 Å². The minimum atomic E-state index is 0. The molecule has 1 heterocycles. The molecule has 1 unspecified atom stereocenters. The predicted octanol–water partition coefficient (Wildman–Crippen LogP) is 2.43. The second-order valence-corrected chi connectivity index (χ2v) is 5.26. The van der Waals surface area contributed by atoms with Crippen LogP contribution in [0.1, 0.15) is 46.0 Å². The van der Waals surface area contributed by atoms with Crippen LogP contribution in [0.15, 0.2) is 4.99 Å². The summed E-state index contributed by atoms with van der Waals surface area (Å²) in [7, 11) is 0. The molecule has 5 heteroatoms. The Labute approximate surface area is 135 Å². The van der Waals surface area contributed by atoms with Crippen LogP contribution in [0.3, 0.4) is 0 Å². The second-order valence-electron chi connectivity index (χ2n) is 5.26. The monoisotopic (exact) mass is 382 g/mol. The van der Waals surface area contributed by atoms with E-state index >= 15 is 0 Å². The number of aliphatic imine (C=N–C) groups is 1. The maximum atomic E-state index is 5.86. The van der Waals surface area contributed by atoms with Gasteiger partial charge in [0.25, 0.3) is 0 Å². The fraction of sp³-hybridized carbons (Fsp3) is 0.929. The lowest BCUT2D eigenvalue weighted by Gasteiger charge is -2.12. The molecule has 114 valence electrons. The van der Waals surface area contributed by atoms with E-state index in [1.807, 2.05) is 0 Å². The SMILES string of the molecule is CCCCCCNC(N)=NCC1CCN(CC)C1.I. The van der Waals surface area contributed by atoms with Crippen LogP contribution in [0.5, 0.6) is 0 Å². The molecule has 1 saturated heterocycles. The number of guanidine groups is 1. The number of nitrogens with one attached hydrogen (secondary N) is 1. The summed E-state index contributed by atoms with van der Waals surface area (Å²) in [5.74, 6) is 1.33. The lowest BCUT2D eigenvalue weighted by Crippen LogP contribution is -2.33. The molecular formula is C14H31IN4. The molecule has 0 spiro atoms. The molecule has 0 aromatic heterocycles. The van der Waals surface area contributed by atoms with Gasteiger partial charge in [-0.1, -0.05) is 33.1 Å². The van der Waals surface area contributed by atoms with E-state index < -0.39 is 0 Å². The highest BCUT2D eigenvalue weighted by Crippen LogP contribution is 2.15. The normalized spacial score (nSPS) is 20.3. The largest absolute Gasteiger partial charge is 0.370 e. The number of rotatable bonds is 8. The maximum absolute atomic E-state index is 5.86. The fourth-order valence-corrected chi connectivity index (χ4v) is 2.40. The summed E-state index contributed by atoms with van der Waals surface area (Å²) < 4.78 is 0. The quantitative estimate of drug-likeness (QED) is 0.294. The van der Waals surface area contributed by atoms with Crippen molar-refractivity contribution in [1.82, 2.24) is 10.2 Å². The zero-order chi connectivity index (χ0) is 13.2. The van der Waals surface area contributed by atoms with Gasteiger partial charge in [0, 0.05) is 19.6 Å². The summed E-state index contributed by atoms with van der Waals surface area (Å²) in [6.07, 6.45) is 6.33. The molecule has 4 nitrogen and oxygen atoms in total. The third-order valence-electron chi connectivity index (χ3n) is 3.67. The summed E-state index contributed by atoms with van der Waals surface area (Å²) in [6.45, 7) is 9.85. The molecule has 1 aliphatic heterocycles. The Morgan fingerprint density at radius 3 is 2.74 bits per heavy atom. The van der Waals surface area contributed by atoms with Crippen molar-refractivity contribution in [2.45, 2.75) is 46.0 Å². The fourth-order valence-electron chi connectivity index (χ4n) is 2.40. The van der Waals surface area contributed by atoms with Crippen molar-refractivity contribution in [3.8, 4) is 0 Å². The Bertz CT molecular complexity index is 246. The van der Waals surface area contributed by atoms with Crippen LogP contribution in [0, 0.1) is 5.92 Å². The standard InChI is InChI=1S/C14H30N4.HI/c1-3-5-6-7-9-16-14(15)17-11-13-8-10-18(4-2)12-13;/h13H,3-12H2,1-2H3,(H3,15,16,17);1H. The molecule has 1 atom stereocenters. The summed E-state index contributed by atoms with van der Waals surface area (Å²) >= 11 is 0. The number of hydrogen-bond donors (Lipinski definition) is 2. The maximum Gasteiger partial charge on any atom is 0.188 e. The van der Waals surface area contributed by atoms with Gasteiger partial charge in [-0.2, -0.15) is 0 Å². The Balaban J connectivity index is 0.00000324. The summed E-state index contributed by atoms with van der Waals surface area (Å²) in [5.41, 5.74) is 5.86. The van der Waals surface area contributed by atoms with Crippen molar-refractivity contribution in [3.63, 3.8) is 0 Å². The van der Waals surface area contributed by atoms with Crippen LogP contribution in [0.2, 0.25) is 0 Å². The highest BCUT2D eigenvalue weighted by molar-refractivity contribution is 14.0. The van der Waals surface area contributed by atoms with Gasteiger partial charge in [0.2, 0.25) is 0 Å². The zero-order valence-corrected chi connectivity index (χ0v) is 14.9. The Morgan fingerprint density at radius 1 is 1.32 bits per heavy atom. The molecule has 1 fully saturated rings. The summed E-state index contributed by atoms with van der Waals surface area (Å²) in [4.78, 5) is 6.93. The van der Waals surface area contributed by atoms with Gasteiger partial charge >= 0.3 is 0 Å². The van der Waals surface area contributed by atoms with Crippen LogP contribution < -0.4 is 11.1 Å². The predicted molar refractivity (Wildman–Crippen MR) is 94.3 cm³/mol. The highest BCUT2D eigenvalue weighted by Gasteiger charge is 2.20. The van der Waals surface area contributed by atoms with E-state index in [0.717, 1.165) is 19.6 Å². The number of nitrogens with two attached hydrogens (primary N) is 1. The van der Waals surface area contributed by atoms with E-state index in [-0.39, 0.29) is 24.0 Å². The number of likely N-dealkylation sites (tertiary alicyclic amines) is 1. The minimum absolute atomic E-state index is 0. The third-order valence-corrected chi connectivity index (χ3v) is 3.67. The van der Waals surface area contributed by atoms with Crippen molar-refractivity contribution in [1.29, 1.82) is 0 Å². The molecule has 0 aromatic carbocycles. The van der Waals surface area contributed by atoms with Crippen LogP contribution in [-0.2, 0) is 0 Å². The average Bonchev–Trinajstić information content (AvgIpc) is 2.84. The molecule has 1 rings (SSSR count). The average molecular weight is 382 g/mol. The first kappa shape index (κ1) is 19.0. The molecule has 1 aliphatic rings. The minimum Gasteiger partial charge on any atom is -0.370 e. The molecule has 0 bridgehead atoms. The van der Waals surface area contributed by atoms with Crippen molar-refractivity contribution in [3.05, 3.63) is 0 Å². The van der Waals surface area contributed by atoms with Gasteiger partial charge in [-0.3, -0.25) is 4.99 Å². The van der Waals surface area contributed by atoms with E-state index in [0.29, 0.717) is 11.9 Å². The Kier molecular flexibility index (Phi) is 11.7. The zero-order valence-electron chi connectivity index (χ0n) is 12.5. The molecular weight excluding hydrogens is 351 g/mol. The highest BCUT2D eigenvalue weighted by atomic mass is 127. The van der Waals surface area contributed by atoms with Crippen molar-refractivity contribution < 1.29 is 0 Å². The summed E-state index contributed by atoms with van der Waals surface area (Å²) in [6, 6.07) is 0. The van der Waals surface area contributed by atoms with Gasteiger partial charge in [-0.15, -0.1) is 24.0 Å². The van der Waals surface area contributed by atoms with Gasteiger partial charge < -0.3 is 16.0 Å². The first-order valence-electron chi connectivity index (χ1n) is 7.52. The third kappa shape index (κ3) is 8.68. The first-order chi connectivity index (χ1) is 8.76. The molecule has 0 radical (unpaired) electrons. The number of unbranched alkanes of at least 4 members (excludes halogenated alkanes) is 3. The number of halogens is 1. The van der Waals surface area contributed by atoms with Gasteiger partial charge in [0.1, 0.15) is 0 Å². The van der Waals surface area contributed by atoms with Crippen molar-refractivity contribution in [2.24, 2.45) is 16.6 Å². The van der Waals surface area contributed by atoms with Gasteiger partial charge in [0.05, 0.1) is 0 Å². The van der Waals surface area contributed by atoms with E-state index in [1.165, 1.54) is 45.2 Å². The molecule has 0 saturated carbocycles. The van der Waals surface area contributed by atoms with E-state index in [2.05, 4.69) is 29.1 Å². The van der Waals surface area contributed by atoms with Gasteiger partial charge in [-0.05, 0) is 31.8 Å². The second kappa shape index (κ2) is 11.8.